The summed E-state index contributed by atoms with van der Waals surface area (Å²) in [5, 5.41) is 15.0. The molecule has 0 radical (unpaired) electrons. The summed E-state index contributed by atoms with van der Waals surface area (Å²) in [6.45, 7) is 3.83. The summed E-state index contributed by atoms with van der Waals surface area (Å²) in [6.07, 6.45) is 0.400. The van der Waals surface area contributed by atoms with Gasteiger partial charge in [0.15, 0.2) is 0 Å². The molecule has 1 aromatic heterocycles. The Balaban J connectivity index is 2.61. The summed E-state index contributed by atoms with van der Waals surface area (Å²) in [7, 11) is 0. The normalized spacial score (nSPS) is 11.1. The molecule has 7 heteroatoms. The number of nitro groups is 1. The van der Waals surface area contributed by atoms with Crippen LogP contribution in [0, 0.1) is 21.8 Å². The van der Waals surface area contributed by atoms with Crippen LogP contribution in [0.5, 0.6) is 0 Å². The predicted molar refractivity (Wildman–Crippen MR) is 73.7 cm³/mol. The summed E-state index contributed by atoms with van der Waals surface area (Å²) in [4.78, 5) is 10.5. The first-order chi connectivity index (χ1) is 9.41. The number of hydrogen-bond donors (Lipinski definition) is 0. The molecule has 1 aromatic carbocycles. The van der Waals surface area contributed by atoms with Crippen LogP contribution in [0.25, 0.3) is 5.69 Å². The molecule has 0 saturated heterocycles. The molecular weight excluding hydrogens is 285 g/mol. The highest BCUT2D eigenvalue weighted by Gasteiger charge is 2.28. The van der Waals surface area contributed by atoms with E-state index in [1.165, 1.54) is 18.2 Å². The first kappa shape index (κ1) is 14.5. The van der Waals surface area contributed by atoms with Crippen LogP contribution in [0.3, 0.4) is 0 Å². The van der Waals surface area contributed by atoms with Crippen molar-refractivity contribution < 1.29 is 9.31 Å². The van der Waals surface area contributed by atoms with Crippen LogP contribution < -0.4 is 0 Å². The molecule has 106 valence electrons. The number of hydrogen-bond acceptors (Lipinski definition) is 3. The largest absolute Gasteiger partial charge is 0.329 e. The minimum absolute atomic E-state index is 0.0932. The molecular formula is C13H13ClFN3O2. The number of para-hydroxylation sites is 1. The molecule has 5 nitrogen and oxygen atoms in total. The number of halogens is 2. The lowest BCUT2D eigenvalue weighted by Gasteiger charge is -2.03. The SMILES string of the molecule is CC(C)Cc1nn(-c2ccccc2F)c(Cl)c1[N+](=O)[O-]. The molecule has 0 aliphatic rings. The molecule has 0 spiro atoms. The van der Waals surface area contributed by atoms with Gasteiger partial charge < -0.3 is 0 Å². The van der Waals surface area contributed by atoms with Gasteiger partial charge in [-0.1, -0.05) is 37.6 Å². The molecule has 0 aliphatic heterocycles. The molecule has 2 aromatic rings. The maximum atomic E-state index is 13.8. The quantitative estimate of drug-likeness (QED) is 0.637. The Hall–Kier alpha value is -1.95. The summed E-state index contributed by atoms with van der Waals surface area (Å²) >= 11 is 6.01. The summed E-state index contributed by atoms with van der Waals surface area (Å²) < 4.78 is 14.8. The highest BCUT2D eigenvalue weighted by Crippen LogP contribution is 2.32. The highest BCUT2D eigenvalue weighted by molar-refractivity contribution is 6.32. The van der Waals surface area contributed by atoms with Crippen molar-refractivity contribution >= 4 is 17.3 Å². The zero-order valence-electron chi connectivity index (χ0n) is 11.0. The molecule has 2 rings (SSSR count). The number of benzene rings is 1. The van der Waals surface area contributed by atoms with Gasteiger partial charge in [-0.05, 0) is 18.1 Å². The second kappa shape index (κ2) is 5.58. The van der Waals surface area contributed by atoms with Gasteiger partial charge in [0, 0.05) is 6.42 Å². The standard InChI is InChI=1S/C13H13ClFN3O2/c1-8(2)7-10-12(18(19)20)13(14)17(16-10)11-6-4-3-5-9(11)15/h3-6,8H,7H2,1-2H3. The van der Waals surface area contributed by atoms with Gasteiger partial charge in [0.2, 0.25) is 5.15 Å². The lowest BCUT2D eigenvalue weighted by Crippen LogP contribution is -2.02. The highest BCUT2D eigenvalue weighted by atomic mass is 35.5. The number of nitrogens with zero attached hydrogens (tertiary/aromatic N) is 3. The van der Waals surface area contributed by atoms with Gasteiger partial charge >= 0.3 is 5.69 Å². The number of aromatic nitrogens is 2. The van der Waals surface area contributed by atoms with Gasteiger partial charge in [-0.15, -0.1) is 0 Å². The van der Waals surface area contributed by atoms with Crippen molar-refractivity contribution in [2.75, 3.05) is 0 Å². The third-order valence-electron chi connectivity index (χ3n) is 2.74. The van der Waals surface area contributed by atoms with Crippen molar-refractivity contribution in [3.05, 3.63) is 51.0 Å². The molecule has 1 heterocycles. The molecule has 0 amide bonds. The second-order valence-corrected chi connectivity index (χ2v) is 5.16. The first-order valence-electron chi connectivity index (χ1n) is 6.08. The van der Waals surface area contributed by atoms with E-state index in [0.717, 1.165) is 4.68 Å². The van der Waals surface area contributed by atoms with E-state index < -0.39 is 10.7 Å². The zero-order valence-corrected chi connectivity index (χ0v) is 11.8. The van der Waals surface area contributed by atoms with Crippen LogP contribution in [0.1, 0.15) is 19.5 Å². The maximum absolute atomic E-state index is 13.8. The minimum atomic E-state index is -0.579. The zero-order chi connectivity index (χ0) is 14.9. The van der Waals surface area contributed by atoms with Crippen LogP contribution in [-0.4, -0.2) is 14.7 Å². The van der Waals surface area contributed by atoms with Crippen LogP contribution >= 0.6 is 11.6 Å². The van der Waals surface area contributed by atoms with E-state index in [-0.39, 0.29) is 28.1 Å². The van der Waals surface area contributed by atoms with E-state index >= 15 is 0 Å². The monoisotopic (exact) mass is 297 g/mol. The van der Waals surface area contributed by atoms with Gasteiger partial charge in [-0.3, -0.25) is 10.1 Å². The molecule has 0 unspecified atom stereocenters. The van der Waals surface area contributed by atoms with Gasteiger partial charge in [0.1, 0.15) is 17.2 Å². The molecule has 0 N–H and O–H groups in total. The molecule has 0 atom stereocenters. The third-order valence-corrected chi connectivity index (χ3v) is 3.08. The van der Waals surface area contributed by atoms with Crippen LogP contribution in [0.15, 0.2) is 24.3 Å². The van der Waals surface area contributed by atoms with Crippen LogP contribution in [-0.2, 0) is 6.42 Å². The smallest absolute Gasteiger partial charge is 0.258 e. The van der Waals surface area contributed by atoms with E-state index in [4.69, 9.17) is 11.6 Å². The van der Waals surface area contributed by atoms with Crippen molar-refractivity contribution in [1.29, 1.82) is 0 Å². The summed E-state index contributed by atoms with van der Waals surface area (Å²) in [5.41, 5.74) is 0.0949. The van der Waals surface area contributed by atoms with Crippen molar-refractivity contribution in [2.24, 2.45) is 5.92 Å². The Morgan fingerprint density at radius 3 is 2.65 bits per heavy atom. The summed E-state index contributed by atoms with van der Waals surface area (Å²) in [5.74, 6) is -0.364. The van der Waals surface area contributed by atoms with Crippen molar-refractivity contribution in [1.82, 2.24) is 9.78 Å². The van der Waals surface area contributed by atoms with Crippen molar-refractivity contribution in [3.8, 4) is 5.69 Å². The molecule has 0 aliphatic carbocycles. The lowest BCUT2D eigenvalue weighted by molar-refractivity contribution is -0.385. The van der Waals surface area contributed by atoms with E-state index in [1.807, 2.05) is 13.8 Å². The molecule has 0 bridgehead atoms. The van der Waals surface area contributed by atoms with Gasteiger partial charge in [-0.25, -0.2) is 9.07 Å². The van der Waals surface area contributed by atoms with E-state index in [2.05, 4.69) is 5.10 Å². The Bertz CT molecular complexity index is 655. The second-order valence-electron chi connectivity index (χ2n) is 4.80. The lowest BCUT2D eigenvalue weighted by atomic mass is 10.1. The fraction of sp³-hybridized carbons (Fsp3) is 0.308. The van der Waals surface area contributed by atoms with E-state index in [1.54, 1.807) is 6.07 Å². The average Bonchev–Trinajstić information content (AvgIpc) is 2.66. The maximum Gasteiger partial charge on any atom is 0.329 e. The van der Waals surface area contributed by atoms with Crippen LogP contribution in [0.4, 0.5) is 10.1 Å². The third kappa shape index (κ3) is 2.65. The fourth-order valence-electron chi connectivity index (χ4n) is 1.92. The predicted octanol–water partition coefficient (Wildman–Crippen LogP) is 3.77. The van der Waals surface area contributed by atoms with Crippen molar-refractivity contribution in [2.45, 2.75) is 20.3 Å². The Morgan fingerprint density at radius 1 is 1.45 bits per heavy atom. The minimum Gasteiger partial charge on any atom is -0.258 e. The van der Waals surface area contributed by atoms with Gasteiger partial charge in [-0.2, -0.15) is 5.10 Å². The van der Waals surface area contributed by atoms with E-state index in [0.29, 0.717) is 6.42 Å². The molecule has 0 fully saturated rings. The first-order valence-corrected chi connectivity index (χ1v) is 6.46. The van der Waals surface area contributed by atoms with E-state index in [9.17, 15) is 14.5 Å². The van der Waals surface area contributed by atoms with Gasteiger partial charge in [0.05, 0.1) is 4.92 Å². The number of rotatable bonds is 4. The Kier molecular flexibility index (Phi) is 4.04. The van der Waals surface area contributed by atoms with Gasteiger partial charge in [0.25, 0.3) is 0 Å². The Labute approximate surface area is 120 Å². The topological polar surface area (TPSA) is 61.0 Å². The van der Waals surface area contributed by atoms with Crippen molar-refractivity contribution in [3.63, 3.8) is 0 Å². The average molecular weight is 298 g/mol. The Morgan fingerprint density at radius 2 is 2.10 bits per heavy atom. The summed E-state index contributed by atoms with van der Waals surface area (Å²) in [6, 6.07) is 5.86. The molecule has 20 heavy (non-hydrogen) atoms. The molecule has 0 saturated carbocycles. The van der Waals surface area contributed by atoms with Crippen LogP contribution in [0.2, 0.25) is 5.15 Å². The fourth-order valence-corrected chi connectivity index (χ4v) is 2.23.